The van der Waals surface area contributed by atoms with Crippen molar-refractivity contribution in [2.24, 2.45) is 57.2 Å². The van der Waals surface area contributed by atoms with Crippen molar-refractivity contribution >= 4 is 0 Å². The van der Waals surface area contributed by atoms with Crippen molar-refractivity contribution in [3.63, 3.8) is 0 Å². The van der Waals surface area contributed by atoms with Gasteiger partial charge in [0, 0.05) is 0 Å². The third kappa shape index (κ3) is 37.6. The molecule has 0 aromatic carbocycles. The van der Waals surface area contributed by atoms with Crippen molar-refractivity contribution in [3.8, 4) is 0 Å². The predicted octanol–water partition coefficient (Wildman–Crippen LogP) is 17.9. The molecule has 0 aliphatic heterocycles. The minimum absolute atomic E-state index is 0.507. The summed E-state index contributed by atoms with van der Waals surface area (Å²) in [5.41, 5.74) is 2.16. The van der Waals surface area contributed by atoms with Crippen LogP contribution in [0.5, 0.6) is 0 Å². The van der Waals surface area contributed by atoms with E-state index in [0.717, 1.165) is 35.5 Å². The first-order valence-corrected chi connectivity index (χ1v) is 22.4. The highest BCUT2D eigenvalue weighted by molar-refractivity contribution is 4.78. The van der Waals surface area contributed by atoms with Gasteiger partial charge in [-0.2, -0.15) is 0 Å². The highest BCUT2D eigenvalue weighted by Crippen LogP contribution is 2.39. The van der Waals surface area contributed by atoms with Crippen LogP contribution in [0.1, 0.15) is 258 Å². The lowest BCUT2D eigenvalue weighted by molar-refractivity contribution is 0.240. The minimum atomic E-state index is 0.507. The van der Waals surface area contributed by atoms with Crippen LogP contribution in [-0.4, -0.2) is 0 Å². The Kier molecular flexibility index (Phi) is 25.1. The average Bonchev–Trinajstić information content (AvgIpc) is 3.60. The zero-order chi connectivity index (χ0) is 37.7. The highest BCUT2D eigenvalue weighted by atomic mass is 14.3. The Morgan fingerprint density at radius 1 is 0.367 bits per heavy atom. The molecule has 4 aliphatic rings. The highest BCUT2D eigenvalue weighted by Gasteiger charge is 2.26. The summed E-state index contributed by atoms with van der Waals surface area (Å²) in [6.45, 7) is 37.2. The van der Waals surface area contributed by atoms with Crippen molar-refractivity contribution in [2.45, 2.75) is 258 Å². The third-order valence-electron chi connectivity index (χ3n) is 11.0. The molecule has 0 heteroatoms. The summed E-state index contributed by atoms with van der Waals surface area (Å²) in [5.74, 6) is 6.15. The quantitative estimate of drug-likeness (QED) is 0.238. The van der Waals surface area contributed by atoms with Gasteiger partial charge in [-0.3, -0.25) is 0 Å². The summed E-state index contributed by atoms with van der Waals surface area (Å²) >= 11 is 0. The van der Waals surface area contributed by atoms with E-state index < -0.39 is 0 Å². The largest absolute Gasteiger partial charge is 0.0628 e. The molecular formula is C49H100. The van der Waals surface area contributed by atoms with Gasteiger partial charge in [0.25, 0.3) is 0 Å². The van der Waals surface area contributed by atoms with Crippen LogP contribution < -0.4 is 0 Å². The molecule has 0 aromatic heterocycles. The van der Waals surface area contributed by atoms with Crippen LogP contribution in [0.3, 0.4) is 0 Å². The summed E-state index contributed by atoms with van der Waals surface area (Å²) in [5, 5.41) is 0. The van der Waals surface area contributed by atoms with Crippen LogP contribution in [0.2, 0.25) is 0 Å². The van der Waals surface area contributed by atoms with Gasteiger partial charge in [-0.25, -0.2) is 0 Å². The summed E-state index contributed by atoms with van der Waals surface area (Å²) in [6.07, 6.45) is 34.0. The minimum Gasteiger partial charge on any atom is -0.0628 e. The maximum absolute atomic E-state index is 2.36. The second-order valence-corrected chi connectivity index (χ2v) is 23.4. The molecule has 0 nitrogen and oxygen atoms in total. The van der Waals surface area contributed by atoms with Crippen LogP contribution in [0.15, 0.2) is 0 Å². The lowest BCUT2D eigenvalue weighted by Gasteiger charge is -2.28. The van der Waals surface area contributed by atoms with E-state index in [9.17, 15) is 0 Å². The lowest BCUT2D eigenvalue weighted by Crippen LogP contribution is -2.15. The van der Waals surface area contributed by atoms with Crippen LogP contribution in [0.25, 0.3) is 0 Å². The first-order chi connectivity index (χ1) is 22.4. The fourth-order valence-electron chi connectivity index (χ4n) is 8.15. The molecule has 296 valence electrons. The van der Waals surface area contributed by atoms with Gasteiger partial charge in [0.1, 0.15) is 0 Å². The second kappa shape index (κ2) is 25.1. The van der Waals surface area contributed by atoms with Gasteiger partial charge in [0.2, 0.25) is 0 Å². The average molecular weight is 689 g/mol. The Hall–Kier alpha value is 0. The zero-order valence-electron chi connectivity index (χ0n) is 37.7. The van der Waals surface area contributed by atoms with Crippen LogP contribution >= 0.6 is 0 Å². The monoisotopic (exact) mass is 689 g/mol. The van der Waals surface area contributed by atoms with Crippen molar-refractivity contribution in [2.75, 3.05) is 0 Å². The molecular weight excluding hydrogens is 589 g/mol. The maximum Gasteiger partial charge on any atom is -0.0380 e. The van der Waals surface area contributed by atoms with E-state index in [1.165, 1.54) is 148 Å². The molecule has 49 heavy (non-hydrogen) atoms. The fraction of sp³-hybridized carbons (Fsp3) is 1.00. The van der Waals surface area contributed by atoms with Gasteiger partial charge >= 0.3 is 0 Å². The van der Waals surface area contributed by atoms with E-state index in [1.807, 2.05) is 0 Å². The molecule has 0 atom stereocenters. The molecule has 0 aromatic rings. The van der Waals surface area contributed by atoms with E-state index in [-0.39, 0.29) is 0 Å². The normalized spacial score (nSPS) is 20.0. The molecule has 0 saturated heterocycles. The van der Waals surface area contributed by atoms with Crippen molar-refractivity contribution < 1.29 is 0 Å². The van der Waals surface area contributed by atoms with Crippen LogP contribution in [0.4, 0.5) is 0 Å². The van der Waals surface area contributed by atoms with Gasteiger partial charge in [-0.05, 0) is 89.3 Å². The molecule has 0 N–H and O–H groups in total. The first-order valence-electron chi connectivity index (χ1n) is 22.4. The molecule has 4 rings (SSSR count). The van der Waals surface area contributed by atoms with E-state index in [4.69, 9.17) is 0 Å². The Bertz CT molecular complexity index is 705. The SMILES string of the molecule is CC(C)(C)CC1CC1.CC(C)(C)CC1CCCCC1.CC(C)(C)CCC(C)(C)C.CC(C)CC1CCCC1.CC(C)CCC1CCCCC1. The van der Waals surface area contributed by atoms with Gasteiger partial charge < -0.3 is 0 Å². The molecule has 0 heterocycles. The van der Waals surface area contributed by atoms with Crippen molar-refractivity contribution in [3.05, 3.63) is 0 Å². The third-order valence-corrected chi connectivity index (χ3v) is 11.0. The number of hydrogen-bond acceptors (Lipinski definition) is 0. The van der Waals surface area contributed by atoms with Gasteiger partial charge in [0.15, 0.2) is 0 Å². The Labute approximate surface area is 314 Å². The Morgan fingerprint density at radius 2 is 0.694 bits per heavy atom. The van der Waals surface area contributed by atoms with Crippen LogP contribution in [0, 0.1) is 57.2 Å². The number of rotatable bonds is 8. The summed E-state index contributed by atoms with van der Waals surface area (Å²) in [7, 11) is 0. The molecule has 0 bridgehead atoms. The Morgan fingerprint density at radius 3 is 0.980 bits per heavy atom. The molecule has 0 amide bonds. The van der Waals surface area contributed by atoms with Crippen molar-refractivity contribution in [1.82, 2.24) is 0 Å². The van der Waals surface area contributed by atoms with E-state index in [1.54, 1.807) is 0 Å². The molecule has 0 spiro atoms. The van der Waals surface area contributed by atoms with Crippen molar-refractivity contribution in [1.29, 1.82) is 0 Å². The molecule has 4 aliphatic carbocycles. The first kappa shape index (κ1) is 49.0. The molecule has 4 saturated carbocycles. The predicted molar refractivity (Wildman–Crippen MR) is 228 cm³/mol. The summed E-state index contributed by atoms with van der Waals surface area (Å²) in [4.78, 5) is 0. The maximum atomic E-state index is 2.36. The number of hydrogen-bond donors (Lipinski definition) is 0. The van der Waals surface area contributed by atoms with E-state index in [2.05, 4.69) is 111 Å². The fourth-order valence-corrected chi connectivity index (χ4v) is 8.15. The summed E-state index contributed by atoms with van der Waals surface area (Å²) in [6, 6.07) is 0. The summed E-state index contributed by atoms with van der Waals surface area (Å²) < 4.78 is 0. The van der Waals surface area contributed by atoms with Gasteiger partial charge in [-0.1, -0.05) is 226 Å². The topological polar surface area (TPSA) is 0 Å². The standard InChI is InChI=1S/2C11H22.C10H22.C9H18.C8H16/c1-11(2,3)9-10-7-5-4-6-8-10;1-10(2)8-9-11-6-4-3-5-7-11;1-9(2,3)7-8-10(4,5)6;1-8(2)7-9-5-3-4-6-9;1-8(2,3)6-7-4-5-7/h10H,4-9H2,1-3H3;10-11H,3-9H2,1-2H3;7-8H2,1-6H3;8-9H,3-7H2,1-2H3;7H,4-6H2,1-3H3. The lowest BCUT2D eigenvalue weighted by atomic mass is 9.78. The second-order valence-electron chi connectivity index (χ2n) is 23.4. The smallest absolute Gasteiger partial charge is 0.0380 e. The molecule has 0 unspecified atom stereocenters. The van der Waals surface area contributed by atoms with E-state index >= 15 is 0 Å². The molecule has 0 radical (unpaired) electrons. The zero-order valence-corrected chi connectivity index (χ0v) is 37.7. The van der Waals surface area contributed by atoms with E-state index in [0.29, 0.717) is 21.7 Å². The van der Waals surface area contributed by atoms with Crippen LogP contribution in [-0.2, 0) is 0 Å². The molecule has 4 fully saturated rings. The van der Waals surface area contributed by atoms with Gasteiger partial charge in [0.05, 0.1) is 0 Å². The van der Waals surface area contributed by atoms with Gasteiger partial charge in [-0.15, -0.1) is 0 Å². The Balaban J connectivity index is 0.000000590.